The maximum atomic E-state index is 13.1. The third kappa shape index (κ3) is 2.25. The zero-order valence-electron chi connectivity index (χ0n) is 13.0. The molecule has 0 aliphatic heterocycles. The molecule has 4 aliphatic carbocycles. The van der Waals surface area contributed by atoms with Crippen LogP contribution in [0.15, 0.2) is 24.3 Å². The van der Waals surface area contributed by atoms with Crippen molar-refractivity contribution in [1.29, 1.82) is 0 Å². The van der Waals surface area contributed by atoms with Crippen molar-refractivity contribution in [2.75, 3.05) is 0 Å². The molecule has 124 valence electrons. The molecule has 0 amide bonds. The lowest BCUT2D eigenvalue weighted by atomic mass is 9.43. The van der Waals surface area contributed by atoms with E-state index in [-0.39, 0.29) is 5.41 Å². The van der Waals surface area contributed by atoms with Crippen molar-refractivity contribution < 1.29 is 18.0 Å². The molecule has 0 N–H and O–H groups in total. The van der Waals surface area contributed by atoms with Gasteiger partial charge in [0.2, 0.25) is 0 Å². The Bertz CT molecular complexity index is 591. The normalized spacial score (nSPS) is 38.7. The van der Waals surface area contributed by atoms with Crippen LogP contribution in [0.5, 0.6) is 0 Å². The molecule has 0 saturated heterocycles. The lowest BCUT2D eigenvalue weighted by molar-refractivity contribution is -0.137. The largest absolute Gasteiger partial charge is 0.416 e. The fraction of sp³-hybridized carbons (Fsp3) is 0.632. The SMILES string of the molecule is O=CCC1(c2cccc(C(F)(F)F)c2)C2CC3CC(C2)CC1C3. The monoisotopic (exact) mass is 322 g/mol. The predicted molar refractivity (Wildman–Crippen MR) is 80.8 cm³/mol. The van der Waals surface area contributed by atoms with Gasteiger partial charge in [0, 0.05) is 11.8 Å². The van der Waals surface area contributed by atoms with Gasteiger partial charge in [-0.25, -0.2) is 0 Å². The summed E-state index contributed by atoms with van der Waals surface area (Å²) < 4.78 is 39.4. The maximum absolute atomic E-state index is 13.1. The highest BCUT2D eigenvalue weighted by Crippen LogP contribution is 2.64. The fourth-order valence-corrected chi connectivity index (χ4v) is 6.07. The molecule has 1 aromatic carbocycles. The average Bonchev–Trinajstić information content (AvgIpc) is 2.50. The number of carbonyl (C=O) groups is 1. The molecule has 1 nitrogen and oxygen atoms in total. The number of hydrogen-bond acceptors (Lipinski definition) is 1. The highest BCUT2D eigenvalue weighted by molar-refractivity contribution is 5.55. The van der Waals surface area contributed by atoms with E-state index in [4.69, 9.17) is 0 Å². The number of alkyl halides is 3. The Balaban J connectivity index is 1.81. The summed E-state index contributed by atoms with van der Waals surface area (Å²) in [5, 5.41) is 0. The van der Waals surface area contributed by atoms with Gasteiger partial charge in [-0.3, -0.25) is 0 Å². The minimum atomic E-state index is -4.33. The van der Waals surface area contributed by atoms with E-state index in [0.29, 0.717) is 18.3 Å². The van der Waals surface area contributed by atoms with Crippen LogP contribution in [-0.2, 0) is 16.4 Å². The van der Waals surface area contributed by atoms with Gasteiger partial charge in [0.1, 0.15) is 6.29 Å². The zero-order chi connectivity index (χ0) is 16.2. The van der Waals surface area contributed by atoms with Gasteiger partial charge < -0.3 is 4.79 Å². The molecule has 0 spiro atoms. The molecule has 4 heteroatoms. The second-order valence-corrected chi connectivity index (χ2v) is 7.79. The molecule has 4 aliphatic rings. The van der Waals surface area contributed by atoms with Crippen molar-refractivity contribution in [3.05, 3.63) is 35.4 Å². The second-order valence-electron chi connectivity index (χ2n) is 7.79. The van der Waals surface area contributed by atoms with Gasteiger partial charge in [0.25, 0.3) is 0 Å². The van der Waals surface area contributed by atoms with Crippen molar-refractivity contribution in [3.63, 3.8) is 0 Å². The van der Waals surface area contributed by atoms with Crippen molar-refractivity contribution >= 4 is 6.29 Å². The highest BCUT2D eigenvalue weighted by Gasteiger charge is 2.57. The first-order valence-electron chi connectivity index (χ1n) is 8.55. The van der Waals surface area contributed by atoms with Crippen LogP contribution >= 0.6 is 0 Å². The van der Waals surface area contributed by atoms with Gasteiger partial charge in [-0.2, -0.15) is 13.2 Å². The maximum Gasteiger partial charge on any atom is 0.416 e. The minimum absolute atomic E-state index is 0.364. The summed E-state index contributed by atoms with van der Waals surface area (Å²) in [5.74, 6) is 2.19. The fourth-order valence-electron chi connectivity index (χ4n) is 6.07. The van der Waals surface area contributed by atoms with Crippen molar-refractivity contribution in [3.8, 4) is 0 Å². The Kier molecular flexibility index (Phi) is 3.37. The number of benzene rings is 1. The summed E-state index contributed by atoms with van der Waals surface area (Å²) >= 11 is 0. The van der Waals surface area contributed by atoms with E-state index in [0.717, 1.165) is 55.4 Å². The lowest BCUT2D eigenvalue weighted by Gasteiger charge is -2.61. The first-order valence-corrected chi connectivity index (χ1v) is 8.55. The molecule has 0 heterocycles. The van der Waals surface area contributed by atoms with Crippen molar-refractivity contribution in [2.24, 2.45) is 23.7 Å². The Morgan fingerprint density at radius 1 is 1.04 bits per heavy atom. The molecule has 23 heavy (non-hydrogen) atoms. The predicted octanol–water partition coefficient (Wildman–Crippen LogP) is 4.99. The molecule has 4 bridgehead atoms. The summed E-state index contributed by atoms with van der Waals surface area (Å²) in [6, 6.07) is 5.77. The van der Waals surface area contributed by atoms with Gasteiger partial charge in [0.05, 0.1) is 5.56 Å². The van der Waals surface area contributed by atoms with Crippen LogP contribution in [0.4, 0.5) is 13.2 Å². The van der Waals surface area contributed by atoms with Crippen LogP contribution in [0.2, 0.25) is 0 Å². The van der Waals surface area contributed by atoms with E-state index in [1.165, 1.54) is 18.6 Å². The summed E-state index contributed by atoms with van der Waals surface area (Å²) in [6.07, 6.45) is 2.57. The molecule has 1 aromatic rings. The smallest absolute Gasteiger partial charge is 0.303 e. The summed E-state index contributed by atoms with van der Waals surface area (Å²) in [7, 11) is 0. The van der Waals surface area contributed by atoms with Gasteiger partial charge in [-0.15, -0.1) is 0 Å². The van der Waals surface area contributed by atoms with E-state index >= 15 is 0 Å². The quantitative estimate of drug-likeness (QED) is 0.717. The third-order valence-corrected chi connectivity index (χ3v) is 6.74. The number of carbonyl (C=O) groups excluding carboxylic acids is 1. The van der Waals surface area contributed by atoms with Crippen LogP contribution in [-0.4, -0.2) is 6.29 Å². The summed E-state index contributed by atoms with van der Waals surface area (Å²) in [5.41, 5.74) is -0.210. The summed E-state index contributed by atoms with van der Waals surface area (Å²) in [6.45, 7) is 0. The molecule has 0 aromatic heterocycles. The molecule has 0 unspecified atom stereocenters. The van der Waals surface area contributed by atoms with Crippen LogP contribution < -0.4 is 0 Å². The van der Waals surface area contributed by atoms with E-state index in [9.17, 15) is 18.0 Å². The standard InChI is InChI=1S/C19H21F3O/c20-19(21,22)15-3-1-2-14(11-15)18(4-5-23)16-7-12-6-13(9-16)10-17(18)8-12/h1-3,5,11-13,16-17H,4,6-10H2. The number of rotatable bonds is 3. The Labute approximate surface area is 134 Å². The van der Waals surface area contributed by atoms with Crippen LogP contribution in [0.1, 0.15) is 49.7 Å². The molecule has 4 fully saturated rings. The third-order valence-electron chi connectivity index (χ3n) is 6.74. The Morgan fingerprint density at radius 3 is 2.17 bits per heavy atom. The first-order chi connectivity index (χ1) is 10.9. The zero-order valence-corrected chi connectivity index (χ0v) is 13.0. The molecular weight excluding hydrogens is 301 g/mol. The first kappa shape index (κ1) is 15.2. The minimum Gasteiger partial charge on any atom is -0.303 e. The van der Waals surface area contributed by atoms with Crippen LogP contribution in [0.3, 0.4) is 0 Å². The summed E-state index contributed by atoms with van der Waals surface area (Å²) in [4.78, 5) is 11.4. The Morgan fingerprint density at radius 2 is 1.65 bits per heavy atom. The van der Waals surface area contributed by atoms with E-state index in [1.54, 1.807) is 0 Å². The van der Waals surface area contributed by atoms with Gasteiger partial charge in [0.15, 0.2) is 0 Å². The van der Waals surface area contributed by atoms with Crippen molar-refractivity contribution in [2.45, 2.75) is 50.1 Å². The molecule has 4 saturated carbocycles. The lowest BCUT2D eigenvalue weighted by Crippen LogP contribution is -2.55. The molecule has 0 atom stereocenters. The topological polar surface area (TPSA) is 17.1 Å². The van der Waals surface area contributed by atoms with Crippen LogP contribution in [0, 0.1) is 23.7 Å². The average molecular weight is 322 g/mol. The number of aldehydes is 1. The van der Waals surface area contributed by atoms with E-state index in [1.807, 2.05) is 6.07 Å². The molecular formula is C19H21F3O. The highest BCUT2D eigenvalue weighted by atomic mass is 19.4. The molecule has 0 radical (unpaired) electrons. The Hall–Kier alpha value is -1.32. The number of halogens is 3. The molecule has 5 rings (SSSR count). The second kappa shape index (κ2) is 5.09. The van der Waals surface area contributed by atoms with Gasteiger partial charge >= 0.3 is 6.18 Å². The van der Waals surface area contributed by atoms with Crippen molar-refractivity contribution in [1.82, 2.24) is 0 Å². The van der Waals surface area contributed by atoms with Gasteiger partial charge in [-0.05, 0) is 67.4 Å². The number of hydrogen-bond donors (Lipinski definition) is 0. The van der Waals surface area contributed by atoms with Crippen LogP contribution in [0.25, 0.3) is 0 Å². The van der Waals surface area contributed by atoms with E-state index < -0.39 is 11.7 Å². The van der Waals surface area contributed by atoms with Gasteiger partial charge in [-0.1, -0.05) is 18.2 Å². The van der Waals surface area contributed by atoms with E-state index in [2.05, 4.69) is 0 Å².